The summed E-state index contributed by atoms with van der Waals surface area (Å²) in [7, 11) is 0. The highest BCUT2D eigenvalue weighted by Crippen LogP contribution is 2.28. The Morgan fingerprint density at radius 2 is 2.13 bits per heavy atom. The second kappa shape index (κ2) is 4.66. The van der Waals surface area contributed by atoms with Gasteiger partial charge in [0.15, 0.2) is 0 Å². The average Bonchev–Trinajstić information content (AvgIpc) is 2.61. The molecule has 0 aliphatic carbocycles. The molecule has 1 aliphatic heterocycles. The van der Waals surface area contributed by atoms with Crippen LogP contribution in [0.3, 0.4) is 0 Å². The predicted molar refractivity (Wildman–Crippen MR) is 65.2 cm³/mol. The lowest BCUT2D eigenvalue weighted by Gasteiger charge is -2.27. The monoisotopic (exact) mass is 271 g/mol. The molecule has 0 saturated carbocycles. The maximum absolute atomic E-state index is 4.49. The van der Waals surface area contributed by atoms with Crippen molar-refractivity contribution < 1.29 is 0 Å². The van der Waals surface area contributed by atoms with E-state index in [1.165, 1.54) is 18.7 Å². The van der Waals surface area contributed by atoms with Crippen LogP contribution in [0.1, 0.15) is 44.5 Å². The van der Waals surface area contributed by atoms with E-state index in [1.54, 1.807) is 0 Å². The topological polar surface area (TPSA) is 29.9 Å². The molecule has 2 heterocycles. The molecule has 4 heteroatoms. The van der Waals surface area contributed by atoms with Gasteiger partial charge in [0.25, 0.3) is 0 Å². The van der Waals surface area contributed by atoms with Crippen LogP contribution in [-0.2, 0) is 0 Å². The molecule has 1 saturated heterocycles. The van der Waals surface area contributed by atoms with Crippen molar-refractivity contribution in [2.24, 2.45) is 0 Å². The lowest BCUT2D eigenvalue weighted by molar-refractivity contribution is 0.353. The number of halogens is 1. The number of hydrogen-bond acceptors (Lipinski definition) is 2. The summed E-state index contributed by atoms with van der Waals surface area (Å²) in [6.07, 6.45) is 4.33. The van der Waals surface area contributed by atoms with Gasteiger partial charge in [-0.05, 0) is 41.9 Å². The van der Waals surface area contributed by atoms with Crippen LogP contribution in [-0.4, -0.2) is 22.6 Å². The van der Waals surface area contributed by atoms with Crippen LogP contribution < -0.4 is 5.32 Å². The minimum absolute atomic E-state index is 0.492. The molecule has 0 spiro atoms. The van der Waals surface area contributed by atoms with Crippen molar-refractivity contribution in [2.75, 3.05) is 13.1 Å². The SMILES string of the molecule is CC(C)c1ncc(Br)n1C1CCNCC1. The summed E-state index contributed by atoms with van der Waals surface area (Å²) in [4.78, 5) is 4.49. The zero-order valence-corrected chi connectivity index (χ0v) is 10.9. The Morgan fingerprint density at radius 1 is 1.47 bits per heavy atom. The van der Waals surface area contributed by atoms with Gasteiger partial charge in [-0.3, -0.25) is 0 Å². The van der Waals surface area contributed by atoms with E-state index in [-0.39, 0.29) is 0 Å². The molecule has 1 fully saturated rings. The highest BCUT2D eigenvalue weighted by molar-refractivity contribution is 9.10. The molecule has 84 valence electrons. The minimum Gasteiger partial charge on any atom is -0.319 e. The number of imidazole rings is 1. The van der Waals surface area contributed by atoms with Crippen molar-refractivity contribution in [1.29, 1.82) is 0 Å². The molecule has 1 aromatic heterocycles. The summed E-state index contributed by atoms with van der Waals surface area (Å²) in [5.74, 6) is 1.69. The summed E-state index contributed by atoms with van der Waals surface area (Å²) in [6.45, 7) is 6.64. The van der Waals surface area contributed by atoms with Gasteiger partial charge in [0.05, 0.1) is 6.20 Å². The fourth-order valence-electron chi connectivity index (χ4n) is 2.21. The van der Waals surface area contributed by atoms with Crippen LogP contribution in [0.15, 0.2) is 10.8 Å². The van der Waals surface area contributed by atoms with Crippen molar-refractivity contribution in [3.8, 4) is 0 Å². The van der Waals surface area contributed by atoms with E-state index in [0.717, 1.165) is 17.7 Å². The van der Waals surface area contributed by atoms with Gasteiger partial charge < -0.3 is 9.88 Å². The Bertz CT molecular complexity index is 327. The van der Waals surface area contributed by atoms with E-state index in [1.807, 2.05) is 6.20 Å². The van der Waals surface area contributed by atoms with Gasteiger partial charge in [0.1, 0.15) is 10.4 Å². The fourth-order valence-corrected chi connectivity index (χ4v) is 2.78. The Labute approximate surface area is 99.4 Å². The van der Waals surface area contributed by atoms with Gasteiger partial charge in [0.2, 0.25) is 0 Å². The predicted octanol–water partition coefficient (Wildman–Crippen LogP) is 2.69. The zero-order valence-electron chi connectivity index (χ0n) is 9.33. The minimum atomic E-state index is 0.492. The van der Waals surface area contributed by atoms with E-state index in [2.05, 4.69) is 44.6 Å². The summed E-state index contributed by atoms with van der Waals surface area (Å²) < 4.78 is 3.49. The zero-order chi connectivity index (χ0) is 10.8. The van der Waals surface area contributed by atoms with Crippen LogP contribution in [0.25, 0.3) is 0 Å². The quantitative estimate of drug-likeness (QED) is 0.897. The van der Waals surface area contributed by atoms with Crippen molar-refractivity contribution in [3.63, 3.8) is 0 Å². The highest BCUT2D eigenvalue weighted by atomic mass is 79.9. The van der Waals surface area contributed by atoms with E-state index >= 15 is 0 Å². The molecular weight excluding hydrogens is 254 g/mol. The van der Waals surface area contributed by atoms with Crippen LogP contribution in [0.4, 0.5) is 0 Å². The Balaban J connectivity index is 2.28. The first kappa shape index (κ1) is 11.1. The molecule has 0 bridgehead atoms. The summed E-state index contributed by atoms with van der Waals surface area (Å²) in [6, 6.07) is 0.612. The molecule has 0 atom stereocenters. The maximum Gasteiger partial charge on any atom is 0.112 e. The molecule has 0 unspecified atom stereocenters. The highest BCUT2D eigenvalue weighted by Gasteiger charge is 2.21. The number of hydrogen-bond donors (Lipinski definition) is 1. The fraction of sp³-hybridized carbons (Fsp3) is 0.727. The summed E-state index contributed by atoms with van der Waals surface area (Å²) in [5, 5.41) is 3.40. The largest absolute Gasteiger partial charge is 0.319 e. The number of aromatic nitrogens is 2. The van der Waals surface area contributed by atoms with Crippen molar-refractivity contribution in [2.45, 2.75) is 38.6 Å². The Kier molecular flexibility index (Phi) is 3.46. The summed E-state index contributed by atoms with van der Waals surface area (Å²) >= 11 is 3.60. The first-order chi connectivity index (χ1) is 7.20. The molecule has 15 heavy (non-hydrogen) atoms. The molecule has 1 aliphatic rings. The number of rotatable bonds is 2. The van der Waals surface area contributed by atoms with Crippen LogP contribution >= 0.6 is 15.9 Å². The standard InChI is InChI=1S/C11H18BrN3/c1-8(2)11-14-7-10(12)15(11)9-3-5-13-6-4-9/h7-9,13H,3-6H2,1-2H3. The molecule has 0 aromatic carbocycles. The first-order valence-electron chi connectivity index (χ1n) is 5.63. The van der Waals surface area contributed by atoms with Gasteiger partial charge in [0, 0.05) is 12.0 Å². The van der Waals surface area contributed by atoms with E-state index in [9.17, 15) is 0 Å². The van der Waals surface area contributed by atoms with Crippen LogP contribution in [0.5, 0.6) is 0 Å². The number of piperidine rings is 1. The van der Waals surface area contributed by atoms with Crippen molar-refractivity contribution >= 4 is 15.9 Å². The van der Waals surface area contributed by atoms with Gasteiger partial charge in [-0.1, -0.05) is 13.8 Å². The number of nitrogens with zero attached hydrogens (tertiary/aromatic N) is 2. The van der Waals surface area contributed by atoms with Crippen molar-refractivity contribution in [3.05, 3.63) is 16.6 Å². The van der Waals surface area contributed by atoms with Gasteiger partial charge in [-0.2, -0.15) is 0 Å². The van der Waals surface area contributed by atoms with E-state index in [0.29, 0.717) is 12.0 Å². The second-order valence-electron chi connectivity index (χ2n) is 4.44. The Hall–Kier alpha value is -0.350. The lowest BCUT2D eigenvalue weighted by Crippen LogP contribution is -2.30. The Morgan fingerprint density at radius 3 is 2.73 bits per heavy atom. The molecule has 0 radical (unpaired) electrons. The van der Waals surface area contributed by atoms with E-state index in [4.69, 9.17) is 0 Å². The molecule has 1 N–H and O–H groups in total. The van der Waals surface area contributed by atoms with Gasteiger partial charge >= 0.3 is 0 Å². The lowest BCUT2D eigenvalue weighted by atomic mass is 10.1. The van der Waals surface area contributed by atoms with Crippen LogP contribution in [0.2, 0.25) is 0 Å². The average molecular weight is 272 g/mol. The van der Waals surface area contributed by atoms with Crippen molar-refractivity contribution in [1.82, 2.24) is 14.9 Å². The third-order valence-electron chi connectivity index (χ3n) is 2.97. The number of nitrogens with one attached hydrogen (secondary N) is 1. The normalized spacial score (nSPS) is 18.7. The van der Waals surface area contributed by atoms with Gasteiger partial charge in [-0.25, -0.2) is 4.98 Å². The van der Waals surface area contributed by atoms with Crippen LogP contribution in [0, 0.1) is 0 Å². The molecular formula is C11H18BrN3. The molecule has 3 nitrogen and oxygen atoms in total. The van der Waals surface area contributed by atoms with Gasteiger partial charge in [-0.15, -0.1) is 0 Å². The molecule has 1 aromatic rings. The summed E-state index contributed by atoms with van der Waals surface area (Å²) in [5.41, 5.74) is 0. The first-order valence-corrected chi connectivity index (χ1v) is 6.42. The van der Waals surface area contributed by atoms with E-state index < -0.39 is 0 Å². The third kappa shape index (κ3) is 2.26. The second-order valence-corrected chi connectivity index (χ2v) is 5.26. The smallest absolute Gasteiger partial charge is 0.112 e. The third-order valence-corrected chi connectivity index (χ3v) is 3.56. The maximum atomic E-state index is 4.49. The molecule has 0 amide bonds. The molecule has 2 rings (SSSR count).